The summed E-state index contributed by atoms with van der Waals surface area (Å²) in [7, 11) is 1.72. The summed E-state index contributed by atoms with van der Waals surface area (Å²) < 4.78 is 39.6. The van der Waals surface area contributed by atoms with Crippen LogP contribution in [0.2, 0.25) is 0 Å². The summed E-state index contributed by atoms with van der Waals surface area (Å²) >= 11 is 1.46. The van der Waals surface area contributed by atoms with Gasteiger partial charge < -0.3 is 0 Å². The van der Waals surface area contributed by atoms with Gasteiger partial charge in [-0.15, -0.1) is 11.3 Å². The molecule has 0 N–H and O–H groups in total. The van der Waals surface area contributed by atoms with Gasteiger partial charge in [0.25, 0.3) is 0 Å². The summed E-state index contributed by atoms with van der Waals surface area (Å²) in [4.78, 5) is 5.80. The van der Waals surface area contributed by atoms with E-state index in [2.05, 4.69) is 4.98 Å². The Morgan fingerprint density at radius 2 is 1.83 bits per heavy atom. The Morgan fingerprint density at radius 3 is 2.39 bits per heavy atom. The lowest BCUT2D eigenvalue weighted by Gasteiger charge is -2.16. The molecule has 1 aromatic heterocycles. The van der Waals surface area contributed by atoms with E-state index in [4.69, 9.17) is 0 Å². The first-order chi connectivity index (χ1) is 8.56. The number of aromatic nitrogens is 1. The third-order valence-electron chi connectivity index (χ3n) is 2.45. The van der Waals surface area contributed by atoms with Gasteiger partial charge in [-0.05, 0) is 7.05 Å². The van der Waals surface area contributed by atoms with Gasteiger partial charge in [0.1, 0.15) is 17.5 Å². The van der Waals surface area contributed by atoms with Crippen molar-refractivity contribution in [2.75, 3.05) is 7.05 Å². The zero-order chi connectivity index (χ0) is 13.1. The maximum absolute atomic E-state index is 13.4. The molecule has 0 spiro atoms. The third kappa shape index (κ3) is 3.08. The van der Waals surface area contributed by atoms with E-state index >= 15 is 0 Å². The smallest absolute Gasteiger partial charge is 0.133 e. The Hall–Kier alpha value is -1.40. The standard InChI is InChI=1S/C12H11F3N2S/c1-17(4-9-6-18-7-16-9)5-10-11(14)2-8(13)3-12(10)15/h2-3,6-7H,4-5H2,1H3. The molecule has 0 unspecified atom stereocenters. The fraction of sp³-hybridized carbons (Fsp3) is 0.250. The van der Waals surface area contributed by atoms with Crippen molar-refractivity contribution in [3.05, 3.63) is 51.7 Å². The van der Waals surface area contributed by atoms with Gasteiger partial charge in [-0.3, -0.25) is 4.90 Å². The molecule has 0 amide bonds. The van der Waals surface area contributed by atoms with Crippen LogP contribution in [0.3, 0.4) is 0 Å². The molecule has 0 atom stereocenters. The van der Waals surface area contributed by atoms with Crippen LogP contribution in [0.1, 0.15) is 11.3 Å². The Bertz CT molecular complexity index is 505. The van der Waals surface area contributed by atoms with Crippen LogP contribution in [0.25, 0.3) is 0 Å². The van der Waals surface area contributed by atoms with Gasteiger partial charge in [0.05, 0.1) is 11.2 Å². The SMILES string of the molecule is CN(Cc1cscn1)Cc1c(F)cc(F)cc1F. The minimum Gasteiger partial charge on any atom is -0.296 e. The number of thiazole rings is 1. The topological polar surface area (TPSA) is 16.1 Å². The summed E-state index contributed by atoms with van der Waals surface area (Å²) in [6.07, 6.45) is 0. The molecule has 0 fully saturated rings. The van der Waals surface area contributed by atoms with Crippen molar-refractivity contribution in [1.82, 2.24) is 9.88 Å². The van der Waals surface area contributed by atoms with Crippen molar-refractivity contribution < 1.29 is 13.2 Å². The Morgan fingerprint density at radius 1 is 1.17 bits per heavy atom. The van der Waals surface area contributed by atoms with E-state index in [1.165, 1.54) is 11.3 Å². The number of nitrogens with zero attached hydrogens (tertiary/aromatic N) is 2. The Labute approximate surface area is 107 Å². The first-order valence-corrected chi connectivity index (χ1v) is 6.19. The van der Waals surface area contributed by atoms with Gasteiger partial charge in [-0.1, -0.05) is 0 Å². The molecular weight excluding hydrogens is 261 g/mol. The van der Waals surface area contributed by atoms with E-state index in [9.17, 15) is 13.2 Å². The van der Waals surface area contributed by atoms with Crippen LogP contribution in [0.4, 0.5) is 13.2 Å². The molecule has 0 bridgehead atoms. The molecule has 18 heavy (non-hydrogen) atoms. The summed E-state index contributed by atoms with van der Waals surface area (Å²) in [6, 6.07) is 1.38. The minimum absolute atomic E-state index is 0.0650. The number of halogens is 3. The highest BCUT2D eigenvalue weighted by Crippen LogP contribution is 2.17. The lowest BCUT2D eigenvalue weighted by atomic mass is 10.2. The average molecular weight is 272 g/mol. The highest BCUT2D eigenvalue weighted by atomic mass is 32.1. The third-order valence-corrected chi connectivity index (χ3v) is 3.08. The molecule has 0 saturated heterocycles. The quantitative estimate of drug-likeness (QED) is 0.849. The first kappa shape index (κ1) is 13.0. The molecule has 2 nitrogen and oxygen atoms in total. The zero-order valence-corrected chi connectivity index (χ0v) is 10.5. The van der Waals surface area contributed by atoms with Crippen molar-refractivity contribution in [3.63, 3.8) is 0 Å². The molecule has 2 aromatic rings. The normalized spacial score (nSPS) is 11.2. The predicted molar refractivity (Wildman–Crippen MR) is 63.6 cm³/mol. The zero-order valence-electron chi connectivity index (χ0n) is 9.66. The Kier molecular flexibility index (Phi) is 3.98. The molecule has 96 valence electrons. The fourth-order valence-electron chi connectivity index (χ4n) is 1.64. The second-order valence-corrected chi connectivity index (χ2v) is 4.72. The van der Waals surface area contributed by atoms with E-state index in [0.29, 0.717) is 18.7 Å². The maximum atomic E-state index is 13.4. The highest BCUT2D eigenvalue weighted by Gasteiger charge is 2.13. The van der Waals surface area contributed by atoms with Gasteiger partial charge in [-0.25, -0.2) is 18.2 Å². The van der Waals surface area contributed by atoms with Gasteiger partial charge in [0.2, 0.25) is 0 Å². The van der Waals surface area contributed by atoms with Crippen LogP contribution < -0.4 is 0 Å². The van der Waals surface area contributed by atoms with Crippen molar-refractivity contribution in [2.45, 2.75) is 13.1 Å². The van der Waals surface area contributed by atoms with E-state index in [0.717, 1.165) is 5.69 Å². The van der Waals surface area contributed by atoms with Gasteiger partial charge in [0.15, 0.2) is 0 Å². The van der Waals surface area contributed by atoms with Crippen LogP contribution in [0.15, 0.2) is 23.0 Å². The molecule has 0 aliphatic heterocycles. The number of hydrogen-bond donors (Lipinski definition) is 0. The van der Waals surface area contributed by atoms with E-state index in [-0.39, 0.29) is 12.1 Å². The molecule has 0 aliphatic carbocycles. The molecule has 0 saturated carbocycles. The summed E-state index contributed by atoms with van der Waals surface area (Å²) in [6.45, 7) is 0.551. The van der Waals surface area contributed by atoms with Crippen molar-refractivity contribution in [1.29, 1.82) is 0 Å². The van der Waals surface area contributed by atoms with Crippen LogP contribution in [0, 0.1) is 17.5 Å². The lowest BCUT2D eigenvalue weighted by molar-refractivity contribution is 0.303. The number of rotatable bonds is 4. The second kappa shape index (κ2) is 5.49. The molecule has 1 aromatic carbocycles. The number of benzene rings is 1. The average Bonchev–Trinajstić information content (AvgIpc) is 2.76. The van der Waals surface area contributed by atoms with Gasteiger partial charge >= 0.3 is 0 Å². The minimum atomic E-state index is -0.907. The van der Waals surface area contributed by atoms with Gasteiger partial charge in [-0.2, -0.15) is 0 Å². The fourth-order valence-corrected chi connectivity index (χ4v) is 2.19. The highest BCUT2D eigenvalue weighted by molar-refractivity contribution is 7.07. The first-order valence-electron chi connectivity index (χ1n) is 5.25. The largest absolute Gasteiger partial charge is 0.296 e. The Balaban J connectivity index is 2.09. The van der Waals surface area contributed by atoms with Crippen LogP contribution in [0.5, 0.6) is 0 Å². The number of hydrogen-bond acceptors (Lipinski definition) is 3. The maximum Gasteiger partial charge on any atom is 0.133 e. The van der Waals surface area contributed by atoms with Crippen molar-refractivity contribution >= 4 is 11.3 Å². The van der Waals surface area contributed by atoms with Crippen molar-refractivity contribution in [3.8, 4) is 0 Å². The summed E-state index contributed by atoms with van der Waals surface area (Å²) in [5.41, 5.74) is 2.40. The van der Waals surface area contributed by atoms with E-state index in [1.807, 2.05) is 5.38 Å². The lowest BCUT2D eigenvalue weighted by Crippen LogP contribution is -2.19. The molecule has 2 rings (SSSR count). The summed E-state index contributed by atoms with van der Waals surface area (Å²) in [5.74, 6) is -2.63. The van der Waals surface area contributed by atoms with Crippen LogP contribution in [-0.4, -0.2) is 16.9 Å². The van der Waals surface area contributed by atoms with Crippen LogP contribution >= 0.6 is 11.3 Å². The monoisotopic (exact) mass is 272 g/mol. The molecule has 0 radical (unpaired) electrons. The van der Waals surface area contributed by atoms with Crippen molar-refractivity contribution in [2.24, 2.45) is 0 Å². The molecule has 0 aliphatic rings. The van der Waals surface area contributed by atoms with E-state index in [1.54, 1.807) is 17.5 Å². The predicted octanol–water partition coefficient (Wildman–Crippen LogP) is 3.19. The molecule has 6 heteroatoms. The van der Waals surface area contributed by atoms with Crippen LogP contribution in [-0.2, 0) is 13.1 Å². The molecule has 1 heterocycles. The second-order valence-electron chi connectivity index (χ2n) is 4.00. The van der Waals surface area contributed by atoms with E-state index < -0.39 is 17.5 Å². The molecular formula is C12H11F3N2S. The van der Waals surface area contributed by atoms with Gasteiger partial charge in [0, 0.05) is 36.2 Å². The summed E-state index contributed by atoms with van der Waals surface area (Å²) in [5, 5.41) is 1.87.